The molecule has 3 nitrogen and oxygen atoms in total. The van der Waals surface area contributed by atoms with Crippen molar-refractivity contribution in [3.05, 3.63) is 29.3 Å². The van der Waals surface area contributed by atoms with Gasteiger partial charge in [-0.2, -0.15) is 13.2 Å². The zero-order valence-corrected chi connectivity index (χ0v) is 11.1. The molecule has 1 aliphatic heterocycles. The highest BCUT2D eigenvalue weighted by atomic mass is 19.4. The van der Waals surface area contributed by atoms with Crippen molar-refractivity contribution in [3.8, 4) is 0 Å². The predicted molar refractivity (Wildman–Crippen MR) is 69.0 cm³/mol. The van der Waals surface area contributed by atoms with E-state index in [1.54, 1.807) is 0 Å². The van der Waals surface area contributed by atoms with Gasteiger partial charge < -0.3 is 10.0 Å². The van der Waals surface area contributed by atoms with Crippen LogP contribution in [0.2, 0.25) is 0 Å². The Morgan fingerprint density at radius 3 is 2.65 bits per heavy atom. The number of carbonyl (C=O) groups is 1. The van der Waals surface area contributed by atoms with Gasteiger partial charge in [0.2, 0.25) is 0 Å². The zero-order chi connectivity index (χ0) is 14.9. The van der Waals surface area contributed by atoms with Gasteiger partial charge in [-0.1, -0.05) is 6.92 Å². The first-order valence-electron chi connectivity index (χ1n) is 6.48. The fourth-order valence-corrected chi connectivity index (χ4v) is 2.57. The molecular weight excluding hydrogens is 271 g/mol. The van der Waals surface area contributed by atoms with Crippen LogP contribution in [0.25, 0.3) is 0 Å². The molecule has 1 aromatic rings. The first-order chi connectivity index (χ1) is 9.29. The van der Waals surface area contributed by atoms with Gasteiger partial charge in [0.15, 0.2) is 0 Å². The molecule has 1 atom stereocenters. The second-order valence-electron chi connectivity index (χ2n) is 5.23. The van der Waals surface area contributed by atoms with Crippen molar-refractivity contribution in [3.63, 3.8) is 0 Å². The number of carboxylic acids is 1. The highest BCUT2D eigenvalue weighted by molar-refractivity contribution is 5.94. The molecule has 1 heterocycles. The van der Waals surface area contributed by atoms with Crippen LogP contribution in [0, 0.1) is 5.92 Å². The molecule has 1 fully saturated rings. The fraction of sp³-hybridized carbons (Fsp3) is 0.500. The lowest BCUT2D eigenvalue weighted by atomic mass is 9.98. The molecule has 0 amide bonds. The van der Waals surface area contributed by atoms with E-state index in [1.165, 1.54) is 6.07 Å². The van der Waals surface area contributed by atoms with Gasteiger partial charge in [0.25, 0.3) is 0 Å². The second kappa shape index (κ2) is 5.34. The molecule has 0 radical (unpaired) electrons. The summed E-state index contributed by atoms with van der Waals surface area (Å²) in [4.78, 5) is 13.1. The monoisotopic (exact) mass is 287 g/mol. The smallest absolute Gasteiger partial charge is 0.416 e. The van der Waals surface area contributed by atoms with Crippen LogP contribution in [0.4, 0.5) is 18.9 Å². The van der Waals surface area contributed by atoms with Crippen molar-refractivity contribution >= 4 is 11.7 Å². The number of benzene rings is 1. The molecule has 20 heavy (non-hydrogen) atoms. The minimum absolute atomic E-state index is 0.283. The Balaban J connectivity index is 2.40. The Morgan fingerprint density at radius 1 is 1.40 bits per heavy atom. The molecule has 1 unspecified atom stereocenters. The lowest BCUT2D eigenvalue weighted by Gasteiger charge is -2.33. The van der Waals surface area contributed by atoms with E-state index in [1.807, 2.05) is 4.90 Å². The summed E-state index contributed by atoms with van der Waals surface area (Å²) in [5.41, 5.74) is -0.838. The first kappa shape index (κ1) is 14.7. The van der Waals surface area contributed by atoms with Crippen LogP contribution in [0.15, 0.2) is 18.2 Å². The van der Waals surface area contributed by atoms with Gasteiger partial charge in [-0.15, -0.1) is 0 Å². The molecular formula is C14H16F3NO2. The van der Waals surface area contributed by atoms with Crippen LogP contribution in [-0.2, 0) is 6.18 Å². The predicted octanol–water partition coefficient (Wildman–Crippen LogP) is 3.64. The van der Waals surface area contributed by atoms with Crippen LogP contribution in [0.5, 0.6) is 0 Å². The molecule has 1 aromatic carbocycles. The summed E-state index contributed by atoms with van der Waals surface area (Å²) in [6, 6.07) is 2.93. The van der Waals surface area contributed by atoms with E-state index < -0.39 is 17.7 Å². The van der Waals surface area contributed by atoms with E-state index >= 15 is 0 Å². The number of nitrogens with zero attached hydrogens (tertiary/aromatic N) is 1. The Labute approximate surface area is 115 Å². The Kier molecular flexibility index (Phi) is 3.92. The van der Waals surface area contributed by atoms with E-state index in [0.29, 0.717) is 24.7 Å². The van der Waals surface area contributed by atoms with Crippen LogP contribution >= 0.6 is 0 Å². The maximum absolute atomic E-state index is 12.7. The van der Waals surface area contributed by atoms with Gasteiger partial charge >= 0.3 is 12.1 Å². The Morgan fingerprint density at radius 2 is 2.10 bits per heavy atom. The number of hydrogen-bond acceptors (Lipinski definition) is 2. The van der Waals surface area contributed by atoms with E-state index in [-0.39, 0.29) is 5.56 Å². The third kappa shape index (κ3) is 3.05. The van der Waals surface area contributed by atoms with Crippen molar-refractivity contribution in [2.45, 2.75) is 25.9 Å². The number of rotatable bonds is 2. The maximum atomic E-state index is 12.7. The molecule has 2 rings (SSSR count). The molecule has 0 spiro atoms. The summed E-state index contributed by atoms with van der Waals surface area (Å²) in [7, 11) is 0. The molecule has 0 bridgehead atoms. The molecule has 1 saturated heterocycles. The fourth-order valence-electron chi connectivity index (χ4n) is 2.57. The maximum Gasteiger partial charge on any atom is 0.416 e. The molecule has 1 aliphatic rings. The van der Waals surface area contributed by atoms with Gasteiger partial charge in [0.1, 0.15) is 0 Å². The topological polar surface area (TPSA) is 40.5 Å². The van der Waals surface area contributed by atoms with Crippen LogP contribution in [0.3, 0.4) is 0 Å². The number of halogens is 3. The standard InChI is InChI=1S/C14H16F3NO2/c1-9-3-2-6-18(8-9)12-5-4-10(14(15,16)17)7-11(12)13(19)20/h4-5,7,9H,2-3,6,8H2,1H3,(H,19,20). The minimum atomic E-state index is -4.53. The minimum Gasteiger partial charge on any atom is -0.478 e. The zero-order valence-electron chi connectivity index (χ0n) is 11.1. The number of aromatic carboxylic acids is 1. The SMILES string of the molecule is CC1CCCN(c2ccc(C(F)(F)F)cc2C(=O)O)C1. The van der Waals surface area contributed by atoms with Crippen molar-refractivity contribution in [2.75, 3.05) is 18.0 Å². The van der Waals surface area contributed by atoms with E-state index in [9.17, 15) is 18.0 Å². The largest absolute Gasteiger partial charge is 0.478 e. The highest BCUT2D eigenvalue weighted by Gasteiger charge is 2.32. The van der Waals surface area contributed by atoms with Crippen LogP contribution in [-0.4, -0.2) is 24.2 Å². The molecule has 1 N–H and O–H groups in total. The number of hydrogen-bond donors (Lipinski definition) is 1. The van der Waals surface area contributed by atoms with Crippen LogP contribution in [0.1, 0.15) is 35.7 Å². The quantitative estimate of drug-likeness (QED) is 0.902. The molecule has 6 heteroatoms. The van der Waals surface area contributed by atoms with E-state index in [0.717, 1.165) is 25.0 Å². The number of piperidine rings is 1. The van der Waals surface area contributed by atoms with Gasteiger partial charge in [-0.3, -0.25) is 0 Å². The lowest BCUT2D eigenvalue weighted by molar-refractivity contribution is -0.137. The van der Waals surface area contributed by atoms with Crippen LogP contribution < -0.4 is 4.90 Å². The lowest BCUT2D eigenvalue weighted by Crippen LogP contribution is -2.35. The summed E-state index contributed by atoms with van der Waals surface area (Å²) < 4.78 is 38.0. The summed E-state index contributed by atoms with van der Waals surface area (Å²) in [6.07, 6.45) is -2.56. The average Bonchev–Trinajstić information content (AvgIpc) is 2.37. The van der Waals surface area contributed by atoms with Crippen molar-refractivity contribution in [1.82, 2.24) is 0 Å². The summed E-state index contributed by atoms with van der Waals surface area (Å²) >= 11 is 0. The summed E-state index contributed by atoms with van der Waals surface area (Å²) in [6.45, 7) is 3.40. The van der Waals surface area contributed by atoms with Crippen molar-refractivity contribution in [2.24, 2.45) is 5.92 Å². The van der Waals surface area contributed by atoms with Gasteiger partial charge in [-0.25, -0.2) is 4.79 Å². The Bertz CT molecular complexity index is 514. The molecule has 110 valence electrons. The first-order valence-corrected chi connectivity index (χ1v) is 6.48. The van der Waals surface area contributed by atoms with E-state index in [2.05, 4.69) is 6.92 Å². The van der Waals surface area contributed by atoms with Gasteiger partial charge in [-0.05, 0) is 37.0 Å². The summed E-state index contributed by atoms with van der Waals surface area (Å²) in [5.74, 6) is -0.919. The summed E-state index contributed by atoms with van der Waals surface area (Å²) in [5, 5.41) is 9.16. The number of carboxylic acid groups (broad SMARTS) is 1. The average molecular weight is 287 g/mol. The van der Waals surface area contributed by atoms with Crippen molar-refractivity contribution in [1.29, 1.82) is 0 Å². The number of alkyl halides is 3. The molecule has 0 aromatic heterocycles. The third-order valence-electron chi connectivity index (χ3n) is 3.55. The van der Waals surface area contributed by atoms with Gasteiger partial charge in [0.05, 0.1) is 16.8 Å². The van der Waals surface area contributed by atoms with Gasteiger partial charge in [0, 0.05) is 13.1 Å². The third-order valence-corrected chi connectivity index (χ3v) is 3.55. The normalized spacial score (nSPS) is 20.0. The highest BCUT2D eigenvalue weighted by Crippen LogP contribution is 2.34. The molecule has 0 aliphatic carbocycles. The second-order valence-corrected chi connectivity index (χ2v) is 5.23. The Hall–Kier alpha value is -1.72. The molecule has 0 saturated carbocycles. The van der Waals surface area contributed by atoms with Crippen molar-refractivity contribution < 1.29 is 23.1 Å². The van der Waals surface area contributed by atoms with E-state index in [4.69, 9.17) is 5.11 Å². The number of anilines is 1.